The number of amides is 2. The maximum absolute atomic E-state index is 14.6. The van der Waals surface area contributed by atoms with Crippen LogP contribution in [0.15, 0.2) is 66.7 Å². The monoisotopic (exact) mass is 541 g/mol. The third kappa shape index (κ3) is 4.52. The summed E-state index contributed by atoms with van der Waals surface area (Å²) in [4.78, 5) is 32.2. The number of carbonyl (C=O) groups excluding carboxylic acids is 2. The van der Waals surface area contributed by atoms with Crippen LogP contribution in [0, 0.1) is 0 Å². The Hall–Kier alpha value is -3.58. The van der Waals surface area contributed by atoms with Crippen molar-refractivity contribution >= 4 is 33.4 Å². The molecule has 1 atom stereocenters. The summed E-state index contributed by atoms with van der Waals surface area (Å²) < 4.78 is 8.54. The SMILES string of the molecule is CCc1cc2c(cc3n2CC(C(=O)NC2CCCCC2)(c2ccccc2)N(Cc2ccc(OC)cc2)C3=O)s1. The van der Waals surface area contributed by atoms with Crippen molar-refractivity contribution in [3.8, 4) is 5.75 Å². The molecule has 1 unspecified atom stereocenters. The average molecular weight is 542 g/mol. The first-order valence-corrected chi connectivity index (χ1v) is 14.8. The highest BCUT2D eigenvalue weighted by Gasteiger charge is 2.53. The fourth-order valence-electron chi connectivity index (χ4n) is 6.20. The first-order chi connectivity index (χ1) is 19.0. The van der Waals surface area contributed by atoms with Crippen molar-refractivity contribution in [2.45, 2.75) is 70.1 Å². The van der Waals surface area contributed by atoms with Gasteiger partial charge in [0.25, 0.3) is 11.8 Å². The molecule has 7 heteroatoms. The molecule has 6 nitrogen and oxygen atoms in total. The predicted octanol–water partition coefficient (Wildman–Crippen LogP) is 6.27. The number of aromatic nitrogens is 1. The Balaban J connectivity index is 1.51. The number of rotatable bonds is 7. The van der Waals surface area contributed by atoms with Gasteiger partial charge in [0.15, 0.2) is 5.54 Å². The van der Waals surface area contributed by atoms with Gasteiger partial charge in [0.1, 0.15) is 11.4 Å². The van der Waals surface area contributed by atoms with Crippen molar-refractivity contribution in [3.05, 3.63) is 88.4 Å². The second-order valence-electron chi connectivity index (χ2n) is 10.7. The Kier molecular flexibility index (Phi) is 6.94. The number of carbonyl (C=O) groups is 2. The van der Waals surface area contributed by atoms with E-state index >= 15 is 0 Å². The van der Waals surface area contributed by atoms with Gasteiger partial charge in [-0.1, -0.05) is 68.7 Å². The highest BCUT2D eigenvalue weighted by Crippen LogP contribution is 2.42. The molecular formula is C32H35N3O3S. The van der Waals surface area contributed by atoms with Crippen molar-refractivity contribution in [2.75, 3.05) is 7.11 Å². The van der Waals surface area contributed by atoms with Crippen LogP contribution < -0.4 is 10.1 Å². The summed E-state index contributed by atoms with van der Waals surface area (Å²) in [5.41, 5.74) is 2.27. The number of thiophene rings is 1. The molecule has 2 aliphatic rings. The second-order valence-corrected chi connectivity index (χ2v) is 11.9. The van der Waals surface area contributed by atoms with E-state index in [-0.39, 0.29) is 17.9 Å². The zero-order valence-corrected chi connectivity index (χ0v) is 23.4. The molecular weight excluding hydrogens is 506 g/mol. The molecule has 202 valence electrons. The van der Waals surface area contributed by atoms with Gasteiger partial charge in [0.2, 0.25) is 0 Å². The molecule has 1 fully saturated rings. The minimum Gasteiger partial charge on any atom is -0.497 e. The molecule has 0 bridgehead atoms. The van der Waals surface area contributed by atoms with Crippen LogP contribution in [0.25, 0.3) is 10.2 Å². The smallest absolute Gasteiger partial charge is 0.272 e. The molecule has 6 rings (SSSR count). The summed E-state index contributed by atoms with van der Waals surface area (Å²) in [6, 6.07) is 21.9. The second kappa shape index (κ2) is 10.5. The molecule has 1 N–H and O–H groups in total. The third-order valence-corrected chi connectivity index (χ3v) is 9.58. The molecule has 1 aliphatic heterocycles. The predicted molar refractivity (Wildman–Crippen MR) is 155 cm³/mol. The van der Waals surface area contributed by atoms with E-state index in [0.29, 0.717) is 18.8 Å². The normalized spacial score (nSPS) is 19.7. The molecule has 2 amide bonds. The van der Waals surface area contributed by atoms with E-state index in [1.165, 1.54) is 11.3 Å². The highest BCUT2D eigenvalue weighted by molar-refractivity contribution is 7.19. The Morgan fingerprint density at radius 2 is 1.79 bits per heavy atom. The number of methoxy groups -OCH3 is 1. The molecule has 0 spiro atoms. The van der Waals surface area contributed by atoms with Crippen LogP contribution in [-0.4, -0.2) is 34.4 Å². The van der Waals surface area contributed by atoms with E-state index in [0.717, 1.165) is 59.2 Å². The Labute approximate surface area is 233 Å². The summed E-state index contributed by atoms with van der Waals surface area (Å²) in [5, 5.41) is 3.41. The number of hydrogen-bond acceptors (Lipinski definition) is 4. The van der Waals surface area contributed by atoms with E-state index in [1.807, 2.05) is 65.6 Å². The molecule has 0 radical (unpaired) electrons. The van der Waals surface area contributed by atoms with E-state index in [4.69, 9.17) is 4.74 Å². The molecule has 2 aromatic carbocycles. The van der Waals surface area contributed by atoms with Gasteiger partial charge >= 0.3 is 0 Å². The van der Waals surface area contributed by atoms with Crippen LogP contribution in [0.4, 0.5) is 0 Å². The quantitative estimate of drug-likeness (QED) is 0.300. The van der Waals surface area contributed by atoms with Crippen LogP contribution in [-0.2, 0) is 29.8 Å². The van der Waals surface area contributed by atoms with Gasteiger partial charge in [-0.25, -0.2) is 0 Å². The number of ether oxygens (including phenoxy) is 1. The molecule has 4 aromatic rings. The molecule has 3 heterocycles. The zero-order chi connectivity index (χ0) is 27.0. The molecule has 2 aromatic heterocycles. The van der Waals surface area contributed by atoms with Crippen molar-refractivity contribution < 1.29 is 14.3 Å². The molecule has 1 aliphatic carbocycles. The standard InChI is InChI=1S/C32H35N3O3S/c1-3-26-18-27-29(39-26)19-28-30(36)35(20-22-14-16-25(38-2)17-15-22)32(21-34(27)28,23-10-6-4-7-11-23)31(37)33-24-12-8-5-9-13-24/h4,6-7,10-11,14-19,24H,3,5,8-9,12-13,20-21H2,1-2H3,(H,33,37). The van der Waals surface area contributed by atoms with Crippen LogP contribution in [0.5, 0.6) is 5.75 Å². The third-order valence-electron chi connectivity index (χ3n) is 8.37. The van der Waals surface area contributed by atoms with Crippen LogP contribution in [0.2, 0.25) is 0 Å². The lowest BCUT2D eigenvalue weighted by Gasteiger charge is -2.47. The lowest BCUT2D eigenvalue weighted by Crippen LogP contribution is -2.64. The fourth-order valence-corrected chi connectivity index (χ4v) is 7.24. The Morgan fingerprint density at radius 1 is 1.05 bits per heavy atom. The largest absolute Gasteiger partial charge is 0.497 e. The maximum atomic E-state index is 14.6. The molecule has 1 saturated carbocycles. The van der Waals surface area contributed by atoms with Crippen molar-refractivity contribution in [1.29, 1.82) is 0 Å². The summed E-state index contributed by atoms with van der Waals surface area (Å²) in [5.74, 6) is 0.538. The van der Waals surface area contributed by atoms with Crippen molar-refractivity contribution in [3.63, 3.8) is 0 Å². The number of nitrogens with zero attached hydrogens (tertiary/aromatic N) is 2. The van der Waals surface area contributed by atoms with Gasteiger partial charge in [0, 0.05) is 17.5 Å². The van der Waals surface area contributed by atoms with Gasteiger partial charge in [0.05, 0.1) is 23.9 Å². The van der Waals surface area contributed by atoms with E-state index in [2.05, 4.69) is 22.9 Å². The Bertz CT molecular complexity index is 1480. The van der Waals surface area contributed by atoms with Gasteiger partial charge in [-0.05, 0) is 54.7 Å². The summed E-state index contributed by atoms with van der Waals surface area (Å²) in [7, 11) is 1.64. The summed E-state index contributed by atoms with van der Waals surface area (Å²) in [6.07, 6.45) is 6.35. The summed E-state index contributed by atoms with van der Waals surface area (Å²) in [6.45, 7) is 2.83. The van der Waals surface area contributed by atoms with E-state index in [9.17, 15) is 9.59 Å². The number of hydrogen-bond donors (Lipinski definition) is 1. The van der Waals surface area contributed by atoms with E-state index in [1.54, 1.807) is 18.4 Å². The van der Waals surface area contributed by atoms with Crippen LogP contribution in [0.3, 0.4) is 0 Å². The number of nitrogens with one attached hydrogen (secondary N) is 1. The molecule has 0 saturated heterocycles. The maximum Gasteiger partial charge on any atom is 0.272 e. The highest BCUT2D eigenvalue weighted by atomic mass is 32.1. The van der Waals surface area contributed by atoms with E-state index < -0.39 is 5.54 Å². The van der Waals surface area contributed by atoms with Crippen LogP contribution >= 0.6 is 11.3 Å². The Morgan fingerprint density at radius 3 is 2.49 bits per heavy atom. The average Bonchev–Trinajstić information content (AvgIpc) is 3.54. The summed E-state index contributed by atoms with van der Waals surface area (Å²) >= 11 is 1.73. The lowest BCUT2D eigenvalue weighted by molar-refractivity contribution is -0.136. The van der Waals surface area contributed by atoms with Gasteiger partial charge in [-0.3, -0.25) is 9.59 Å². The minimum absolute atomic E-state index is 0.0964. The zero-order valence-electron chi connectivity index (χ0n) is 22.6. The van der Waals surface area contributed by atoms with Crippen LogP contribution in [0.1, 0.15) is 65.5 Å². The molecule has 39 heavy (non-hydrogen) atoms. The van der Waals surface area contributed by atoms with Crippen molar-refractivity contribution in [2.24, 2.45) is 0 Å². The number of benzene rings is 2. The fraction of sp³-hybridized carbons (Fsp3) is 0.375. The topological polar surface area (TPSA) is 63.6 Å². The van der Waals surface area contributed by atoms with Gasteiger partial charge in [-0.2, -0.15) is 0 Å². The van der Waals surface area contributed by atoms with Crippen molar-refractivity contribution in [1.82, 2.24) is 14.8 Å². The first-order valence-electron chi connectivity index (χ1n) is 14.0. The van der Waals surface area contributed by atoms with Gasteiger partial charge in [-0.15, -0.1) is 11.3 Å². The van der Waals surface area contributed by atoms with Gasteiger partial charge < -0.3 is 19.5 Å². The lowest BCUT2D eigenvalue weighted by atomic mass is 9.83. The number of aryl methyl sites for hydroxylation is 1. The minimum atomic E-state index is -1.19. The first kappa shape index (κ1) is 25.7. The number of fused-ring (bicyclic) bond motifs is 3.